The molecule has 1 atom stereocenters. The third-order valence-electron chi connectivity index (χ3n) is 3.88. The molecule has 0 aliphatic heterocycles. The largest absolute Gasteiger partial charge is 0.480 e. The highest BCUT2D eigenvalue weighted by Crippen LogP contribution is 2.42. The van der Waals surface area contributed by atoms with Crippen LogP contribution in [-0.4, -0.2) is 48.2 Å². The molecule has 0 aromatic rings. The number of hydrogen-bond acceptors (Lipinski definition) is 5. The smallest absolute Gasteiger partial charge is 0.326 e. The molecule has 0 aromatic heterocycles. The number of aliphatic carboxylic acids is 1. The first-order valence-electron chi connectivity index (χ1n) is 7.57. The minimum Gasteiger partial charge on any atom is -0.480 e. The van der Waals surface area contributed by atoms with E-state index in [-0.39, 0.29) is 19.6 Å². The summed E-state index contributed by atoms with van der Waals surface area (Å²) in [5.74, 6) is -2.42. The lowest BCUT2D eigenvalue weighted by molar-refractivity contribution is -0.168. The lowest BCUT2D eigenvalue weighted by atomic mass is 9.68. The molecule has 9 nitrogen and oxygen atoms in total. The number of hydrogen-bond donors (Lipinski definition) is 4. The lowest BCUT2D eigenvalue weighted by Gasteiger charge is -2.38. The van der Waals surface area contributed by atoms with E-state index < -0.39 is 35.3 Å². The Morgan fingerprint density at radius 2 is 1.96 bits per heavy atom. The van der Waals surface area contributed by atoms with Gasteiger partial charge in [-0.1, -0.05) is 6.42 Å². The molecular formula is C14H23N3O6. The number of urea groups is 1. The SMILES string of the molecule is CCOC(=O)C1(C(=O)N[C@@H](CCCNC(N)=O)C(=O)O)CCC1. The standard InChI is InChI=1S/C14H23N3O6/c1-2-23-12(21)14(6-4-7-14)11(20)17-9(10(18)19)5-3-8-16-13(15)22/h9H,2-8H2,1H3,(H,17,20)(H,18,19)(H3,15,16,22)/t9-/m0/s1. The minimum absolute atomic E-state index is 0.111. The maximum atomic E-state index is 12.4. The van der Waals surface area contributed by atoms with Gasteiger partial charge in [0.15, 0.2) is 0 Å². The molecular weight excluding hydrogens is 306 g/mol. The van der Waals surface area contributed by atoms with Crippen molar-refractivity contribution in [2.24, 2.45) is 11.1 Å². The third-order valence-corrected chi connectivity index (χ3v) is 3.88. The van der Waals surface area contributed by atoms with E-state index in [4.69, 9.17) is 10.5 Å². The number of carboxylic acid groups (broad SMARTS) is 1. The molecule has 3 amide bonds. The number of ether oxygens (including phenoxy) is 1. The molecule has 130 valence electrons. The van der Waals surface area contributed by atoms with Crippen molar-refractivity contribution in [3.63, 3.8) is 0 Å². The molecule has 23 heavy (non-hydrogen) atoms. The van der Waals surface area contributed by atoms with Crippen LogP contribution in [0.1, 0.15) is 39.0 Å². The number of nitrogens with one attached hydrogen (secondary N) is 2. The first kappa shape index (κ1) is 18.7. The first-order chi connectivity index (χ1) is 10.8. The molecule has 9 heteroatoms. The zero-order valence-electron chi connectivity index (χ0n) is 13.1. The van der Waals surface area contributed by atoms with Gasteiger partial charge in [0.05, 0.1) is 6.61 Å². The van der Waals surface area contributed by atoms with Gasteiger partial charge < -0.3 is 26.2 Å². The van der Waals surface area contributed by atoms with Crippen LogP contribution in [-0.2, 0) is 19.1 Å². The van der Waals surface area contributed by atoms with Crippen LogP contribution in [0.3, 0.4) is 0 Å². The maximum absolute atomic E-state index is 12.4. The average molecular weight is 329 g/mol. The van der Waals surface area contributed by atoms with Crippen molar-refractivity contribution in [2.75, 3.05) is 13.2 Å². The number of carbonyl (C=O) groups excluding carboxylic acids is 3. The Morgan fingerprint density at radius 1 is 1.30 bits per heavy atom. The molecule has 0 unspecified atom stereocenters. The maximum Gasteiger partial charge on any atom is 0.326 e. The number of primary amides is 1. The zero-order valence-corrected chi connectivity index (χ0v) is 13.1. The summed E-state index contributed by atoms with van der Waals surface area (Å²) < 4.78 is 4.93. The van der Waals surface area contributed by atoms with Crippen molar-refractivity contribution in [3.8, 4) is 0 Å². The fraction of sp³-hybridized carbons (Fsp3) is 0.714. The summed E-state index contributed by atoms with van der Waals surface area (Å²) in [5, 5.41) is 13.9. The molecule has 0 spiro atoms. The van der Waals surface area contributed by atoms with Crippen molar-refractivity contribution < 1.29 is 29.0 Å². The Morgan fingerprint density at radius 3 is 2.39 bits per heavy atom. The Bertz CT molecular complexity index is 475. The van der Waals surface area contributed by atoms with Crippen molar-refractivity contribution in [1.82, 2.24) is 10.6 Å². The normalized spacial score (nSPS) is 16.6. The number of rotatable bonds is 9. The van der Waals surface area contributed by atoms with Crippen molar-refractivity contribution in [3.05, 3.63) is 0 Å². The van der Waals surface area contributed by atoms with E-state index in [0.717, 1.165) is 0 Å². The van der Waals surface area contributed by atoms with Gasteiger partial charge in [-0.05, 0) is 32.6 Å². The number of esters is 1. The van der Waals surface area contributed by atoms with Gasteiger partial charge in [-0.3, -0.25) is 9.59 Å². The van der Waals surface area contributed by atoms with E-state index >= 15 is 0 Å². The van der Waals surface area contributed by atoms with Gasteiger partial charge in [0.1, 0.15) is 11.5 Å². The summed E-state index contributed by atoms with van der Waals surface area (Å²) in [6, 6.07) is -1.83. The highest BCUT2D eigenvalue weighted by atomic mass is 16.5. The second-order valence-electron chi connectivity index (χ2n) is 5.45. The molecule has 5 N–H and O–H groups in total. The summed E-state index contributed by atoms with van der Waals surface area (Å²) in [7, 11) is 0. The topological polar surface area (TPSA) is 148 Å². The number of carbonyl (C=O) groups is 4. The van der Waals surface area contributed by atoms with Gasteiger partial charge in [-0.25, -0.2) is 9.59 Å². The molecule has 1 aliphatic carbocycles. The second kappa shape index (κ2) is 8.35. The van der Waals surface area contributed by atoms with Crippen molar-refractivity contribution in [1.29, 1.82) is 0 Å². The molecule has 0 aromatic carbocycles. The van der Waals surface area contributed by atoms with E-state index in [9.17, 15) is 24.3 Å². The van der Waals surface area contributed by atoms with E-state index in [1.54, 1.807) is 6.92 Å². The van der Waals surface area contributed by atoms with Crippen LogP contribution in [0.25, 0.3) is 0 Å². The average Bonchev–Trinajstić information content (AvgIpc) is 2.40. The number of nitrogens with two attached hydrogens (primary N) is 1. The van der Waals surface area contributed by atoms with Gasteiger partial charge in [-0.15, -0.1) is 0 Å². The van der Waals surface area contributed by atoms with Crippen molar-refractivity contribution in [2.45, 2.75) is 45.1 Å². The minimum atomic E-state index is -1.27. The fourth-order valence-corrected chi connectivity index (χ4v) is 2.40. The third kappa shape index (κ3) is 4.83. The van der Waals surface area contributed by atoms with Crippen LogP contribution in [0.5, 0.6) is 0 Å². The van der Waals surface area contributed by atoms with E-state index in [1.807, 2.05) is 0 Å². The fourth-order valence-electron chi connectivity index (χ4n) is 2.40. The quantitative estimate of drug-likeness (QED) is 0.260. The van der Waals surface area contributed by atoms with Crippen LogP contribution in [0.4, 0.5) is 4.79 Å². The second-order valence-corrected chi connectivity index (χ2v) is 5.45. The van der Waals surface area contributed by atoms with Crippen LogP contribution >= 0.6 is 0 Å². The predicted molar refractivity (Wildman–Crippen MR) is 79.3 cm³/mol. The van der Waals surface area contributed by atoms with Gasteiger partial charge in [0, 0.05) is 6.54 Å². The van der Waals surface area contributed by atoms with Crippen LogP contribution in [0, 0.1) is 5.41 Å². The molecule has 0 bridgehead atoms. The summed E-state index contributed by atoms with van der Waals surface area (Å²) >= 11 is 0. The Labute approximate surface area is 133 Å². The Balaban J connectivity index is 2.60. The van der Waals surface area contributed by atoms with E-state index in [0.29, 0.717) is 25.7 Å². The molecule has 1 rings (SSSR count). The highest BCUT2D eigenvalue weighted by Gasteiger charge is 2.52. The summed E-state index contributed by atoms with van der Waals surface area (Å²) in [4.78, 5) is 46.1. The van der Waals surface area contributed by atoms with Gasteiger partial charge in [0.25, 0.3) is 0 Å². The Hall–Kier alpha value is -2.32. The van der Waals surface area contributed by atoms with E-state index in [1.165, 1.54) is 0 Å². The molecule has 0 saturated heterocycles. The highest BCUT2D eigenvalue weighted by molar-refractivity contribution is 6.04. The molecule has 1 fully saturated rings. The zero-order chi connectivity index (χ0) is 17.5. The van der Waals surface area contributed by atoms with Crippen LogP contribution in [0.15, 0.2) is 0 Å². The Kier molecular flexibility index (Phi) is 6.80. The first-order valence-corrected chi connectivity index (χ1v) is 7.57. The number of amides is 3. The van der Waals surface area contributed by atoms with Gasteiger partial charge in [-0.2, -0.15) is 0 Å². The molecule has 0 heterocycles. The lowest BCUT2D eigenvalue weighted by Crippen LogP contribution is -2.55. The van der Waals surface area contributed by atoms with Gasteiger partial charge >= 0.3 is 18.0 Å². The van der Waals surface area contributed by atoms with Crippen molar-refractivity contribution >= 4 is 23.9 Å². The summed E-state index contributed by atoms with van der Waals surface area (Å²) in [6.07, 6.45) is 1.86. The molecule has 1 saturated carbocycles. The number of carboxylic acids is 1. The van der Waals surface area contributed by atoms with Crippen LogP contribution in [0.2, 0.25) is 0 Å². The van der Waals surface area contributed by atoms with Crippen LogP contribution < -0.4 is 16.4 Å². The van der Waals surface area contributed by atoms with Gasteiger partial charge in [0.2, 0.25) is 5.91 Å². The monoisotopic (exact) mass is 329 g/mol. The molecule has 0 radical (unpaired) electrons. The molecule has 1 aliphatic rings. The summed E-state index contributed by atoms with van der Waals surface area (Å²) in [5.41, 5.74) is 3.64. The predicted octanol–water partition coefficient (Wildman–Crippen LogP) is -0.262. The summed E-state index contributed by atoms with van der Waals surface area (Å²) in [6.45, 7) is 2.01. The van der Waals surface area contributed by atoms with E-state index in [2.05, 4.69) is 10.6 Å².